The first kappa shape index (κ1) is 15.9. The Morgan fingerprint density at radius 2 is 2.10 bits per heavy atom. The van der Waals surface area contributed by atoms with E-state index < -0.39 is 6.10 Å². The number of hydrogen-bond donors (Lipinski definition) is 1. The van der Waals surface area contributed by atoms with E-state index in [1.54, 1.807) is 31.2 Å². The normalized spacial score (nSPS) is 16.0. The Kier molecular flexibility index (Phi) is 6.12. The van der Waals surface area contributed by atoms with Gasteiger partial charge < -0.3 is 10.1 Å². The van der Waals surface area contributed by atoms with Crippen molar-refractivity contribution in [3.05, 3.63) is 40.9 Å². The fourth-order valence-corrected chi connectivity index (χ4v) is 2.52. The van der Waals surface area contributed by atoms with Crippen molar-refractivity contribution in [2.45, 2.75) is 45.1 Å². The Hall–Kier alpha value is -1.48. The van der Waals surface area contributed by atoms with Gasteiger partial charge in [-0.15, -0.1) is 0 Å². The maximum atomic E-state index is 12.0. The molecule has 4 heteroatoms. The Balaban J connectivity index is 1.72. The van der Waals surface area contributed by atoms with Gasteiger partial charge in [0.15, 0.2) is 6.10 Å². The van der Waals surface area contributed by atoms with E-state index in [4.69, 9.17) is 16.3 Å². The lowest BCUT2D eigenvalue weighted by atomic mass is 9.97. The second kappa shape index (κ2) is 8.08. The van der Waals surface area contributed by atoms with E-state index in [2.05, 4.69) is 11.4 Å². The molecule has 0 spiro atoms. The van der Waals surface area contributed by atoms with Crippen molar-refractivity contribution >= 4 is 17.5 Å². The molecule has 0 saturated carbocycles. The van der Waals surface area contributed by atoms with Gasteiger partial charge in [-0.1, -0.05) is 23.3 Å². The monoisotopic (exact) mass is 307 g/mol. The first-order chi connectivity index (χ1) is 10.1. The van der Waals surface area contributed by atoms with Gasteiger partial charge in [0.2, 0.25) is 0 Å². The summed E-state index contributed by atoms with van der Waals surface area (Å²) in [4.78, 5) is 12.0. The minimum Gasteiger partial charge on any atom is -0.481 e. The third-order valence-electron chi connectivity index (χ3n) is 3.63. The minimum absolute atomic E-state index is 0.0821. The number of nitrogens with one attached hydrogen (secondary N) is 1. The van der Waals surface area contributed by atoms with Crippen molar-refractivity contribution in [3.63, 3.8) is 0 Å². The first-order valence-corrected chi connectivity index (χ1v) is 7.91. The maximum Gasteiger partial charge on any atom is 0.260 e. The molecule has 1 N–H and O–H groups in total. The fraction of sp³-hybridized carbons (Fsp3) is 0.471. The molecule has 0 unspecified atom stereocenters. The van der Waals surface area contributed by atoms with Crippen molar-refractivity contribution in [2.75, 3.05) is 6.54 Å². The Bertz CT molecular complexity index is 496. The molecule has 3 nitrogen and oxygen atoms in total. The van der Waals surface area contributed by atoms with Gasteiger partial charge in [0.05, 0.1) is 0 Å². The third-order valence-corrected chi connectivity index (χ3v) is 3.88. The lowest BCUT2D eigenvalue weighted by molar-refractivity contribution is -0.127. The number of halogens is 1. The first-order valence-electron chi connectivity index (χ1n) is 7.53. The van der Waals surface area contributed by atoms with Gasteiger partial charge in [0, 0.05) is 11.6 Å². The Morgan fingerprint density at radius 1 is 1.33 bits per heavy atom. The molecule has 1 aromatic rings. The molecule has 21 heavy (non-hydrogen) atoms. The molecule has 0 bridgehead atoms. The smallest absolute Gasteiger partial charge is 0.260 e. The highest BCUT2D eigenvalue weighted by molar-refractivity contribution is 6.30. The van der Waals surface area contributed by atoms with Crippen LogP contribution >= 0.6 is 11.6 Å². The van der Waals surface area contributed by atoms with Crippen LogP contribution in [0.4, 0.5) is 0 Å². The summed E-state index contributed by atoms with van der Waals surface area (Å²) in [6.07, 6.45) is 7.67. The lowest BCUT2D eigenvalue weighted by Gasteiger charge is -2.16. The molecule has 1 aliphatic rings. The van der Waals surface area contributed by atoms with E-state index in [1.807, 2.05) is 0 Å². The summed E-state index contributed by atoms with van der Waals surface area (Å²) in [6, 6.07) is 7.02. The third kappa shape index (κ3) is 5.43. The quantitative estimate of drug-likeness (QED) is 0.803. The molecule has 0 aromatic heterocycles. The van der Waals surface area contributed by atoms with Crippen LogP contribution < -0.4 is 10.1 Å². The van der Waals surface area contributed by atoms with Crippen LogP contribution in [-0.4, -0.2) is 18.6 Å². The van der Waals surface area contributed by atoms with E-state index in [1.165, 1.54) is 31.3 Å². The molecule has 0 aliphatic heterocycles. The molecular formula is C17H22ClNO2. The average Bonchev–Trinajstić information content (AvgIpc) is 2.50. The van der Waals surface area contributed by atoms with Gasteiger partial charge in [-0.3, -0.25) is 4.79 Å². The zero-order valence-electron chi connectivity index (χ0n) is 12.4. The summed E-state index contributed by atoms with van der Waals surface area (Å²) in [5, 5.41) is 3.58. The second-order valence-electron chi connectivity index (χ2n) is 5.36. The predicted octanol–water partition coefficient (Wildman–Crippen LogP) is 4.11. The number of carbonyl (C=O) groups excluding carboxylic acids is 1. The van der Waals surface area contributed by atoms with E-state index in [-0.39, 0.29) is 5.91 Å². The molecule has 1 aliphatic carbocycles. The van der Waals surface area contributed by atoms with Crippen LogP contribution in [0.25, 0.3) is 0 Å². The van der Waals surface area contributed by atoms with Crippen LogP contribution in [0.5, 0.6) is 5.75 Å². The zero-order chi connectivity index (χ0) is 15.1. The Labute approximate surface area is 131 Å². The summed E-state index contributed by atoms with van der Waals surface area (Å²) in [5.74, 6) is 0.568. The standard InChI is InChI=1S/C17H22ClNO2/c1-13(21-16-9-7-15(18)8-10-16)17(20)19-12-11-14-5-3-2-4-6-14/h5,7-10,13H,2-4,6,11-12H2,1H3,(H,19,20)/t13-/m0/s1. The predicted molar refractivity (Wildman–Crippen MR) is 85.7 cm³/mol. The van der Waals surface area contributed by atoms with E-state index in [0.29, 0.717) is 17.3 Å². The topological polar surface area (TPSA) is 38.3 Å². The molecule has 114 valence electrons. The molecule has 0 fully saturated rings. The molecule has 0 heterocycles. The van der Waals surface area contributed by atoms with Gasteiger partial charge in [0.25, 0.3) is 5.91 Å². The van der Waals surface area contributed by atoms with Crippen molar-refractivity contribution in [3.8, 4) is 5.75 Å². The van der Waals surface area contributed by atoms with Crippen LogP contribution in [0.1, 0.15) is 39.0 Å². The highest BCUT2D eigenvalue weighted by atomic mass is 35.5. The second-order valence-corrected chi connectivity index (χ2v) is 5.80. The summed E-state index contributed by atoms with van der Waals surface area (Å²) in [5.41, 5.74) is 1.47. The van der Waals surface area contributed by atoms with Crippen molar-refractivity contribution in [2.24, 2.45) is 0 Å². The number of allylic oxidation sites excluding steroid dienone is 1. The summed E-state index contributed by atoms with van der Waals surface area (Å²) < 4.78 is 5.59. The SMILES string of the molecule is C[C@H](Oc1ccc(Cl)cc1)C(=O)NCCC1=CCCCC1. The highest BCUT2D eigenvalue weighted by Crippen LogP contribution is 2.19. The van der Waals surface area contributed by atoms with Gasteiger partial charge in [-0.05, 0) is 63.3 Å². The molecule has 2 rings (SSSR count). The number of carbonyl (C=O) groups is 1. The maximum absolute atomic E-state index is 12.0. The molecule has 1 atom stereocenters. The lowest BCUT2D eigenvalue weighted by Crippen LogP contribution is -2.36. The number of hydrogen-bond acceptors (Lipinski definition) is 2. The minimum atomic E-state index is -0.508. The summed E-state index contributed by atoms with van der Waals surface area (Å²) in [7, 11) is 0. The van der Waals surface area contributed by atoms with E-state index in [0.717, 1.165) is 6.42 Å². The largest absolute Gasteiger partial charge is 0.481 e. The number of amides is 1. The van der Waals surface area contributed by atoms with Crippen molar-refractivity contribution < 1.29 is 9.53 Å². The van der Waals surface area contributed by atoms with Gasteiger partial charge >= 0.3 is 0 Å². The highest BCUT2D eigenvalue weighted by Gasteiger charge is 2.14. The number of ether oxygens (including phenoxy) is 1. The van der Waals surface area contributed by atoms with Crippen LogP contribution in [0, 0.1) is 0 Å². The molecular weight excluding hydrogens is 286 g/mol. The van der Waals surface area contributed by atoms with Crippen LogP contribution in [-0.2, 0) is 4.79 Å². The van der Waals surface area contributed by atoms with Gasteiger partial charge in [0.1, 0.15) is 5.75 Å². The Morgan fingerprint density at radius 3 is 2.76 bits per heavy atom. The summed E-state index contributed by atoms with van der Waals surface area (Å²) in [6.45, 7) is 2.43. The van der Waals surface area contributed by atoms with Crippen molar-refractivity contribution in [1.82, 2.24) is 5.32 Å². The van der Waals surface area contributed by atoms with E-state index in [9.17, 15) is 4.79 Å². The molecule has 1 aromatic carbocycles. The summed E-state index contributed by atoms with van der Waals surface area (Å²) >= 11 is 5.81. The van der Waals surface area contributed by atoms with Crippen LogP contribution in [0.15, 0.2) is 35.9 Å². The van der Waals surface area contributed by atoms with Crippen molar-refractivity contribution in [1.29, 1.82) is 0 Å². The van der Waals surface area contributed by atoms with E-state index >= 15 is 0 Å². The zero-order valence-corrected chi connectivity index (χ0v) is 13.2. The van der Waals surface area contributed by atoms with Gasteiger partial charge in [-0.2, -0.15) is 0 Å². The number of rotatable bonds is 6. The van der Waals surface area contributed by atoms with Gasteiger partial charge in [-0.25, -0.2) is 0 Å². The molecule has 0 radical (unpaired) electrons. The average molecular weight is 308 g/mol. The molecule has 0 saturated heterocycles. The molecule has 1 amide bonds. The number of benzene rings is 1. The van der Waals surface area contributed by atoms with Crippen LogP contribution in [0.2, 0.25) is 5.02 Å². The van der Waals surface area contributed by atoms with Crippen LogP contribution in [0.3, 0.4) is 0 Å². The fourth-order valence-electron chi connectivity index (χ4n) is 2.39.